The molecule has 1 heteroatoms. The molecule has 0 atom stereocenters. The van der Waals surface area contributed by atoms with E-state index in [2.05, 4.69) is 36.5 Å². The quantitative estimate of drug-likeness (QED) is 0.789. The molecular weight excluding hydrogens is 194 g/mol. The number of anilines is 1. The SMILES string of the molecule is Cc1ccc(NCCC2CCCCC2)cc1. The van der Waals surface area contributed by atoms with Gasteiger partial charge in [0.15, 0.2) is 0 Å². The molecule has 0 aromatic heterocycles. The number of hydrogen-bond donors (Lipinski definition) is 1. The summed E-state index contributed by atoms with van der Waals surface area (Å²) in [6, 6.07) is 8.69. The largest absolute Gasteiger partial charge is 0.385 e. The highest BCUT2D eigenvalue weighted by Crippen LogP contribution is 2.26. The number of hydrogen-bond acceptors (Lipinski definition) is 1. The zero-order valence-corrected chi connectivity index (χ0v) is 10.3. The lowest BCUT2D eigenvalue weighted by atomic mass is 9.87. The van der Waals surface area contributed by atoms with Crippen molar-refractivity contribution in [3.63, 3.8) is 0 Å². The van der Waals surface area contributed by atoms with Crippen LogP contribution in [0.15, 0.2) is 24.3 Å². The monoisotopic (exact) mass is 217 g/mol. The third kappa shape index (κ3) is 3.55. The van der Waals surface area contributed by atoms with Crippen molar-refractivity contribution in [2.75, 3.05) is 11.9 Å². The van der Waals surface area contributed by atoms with Gasteiger partial charge in [0.25, 0.3) is 0 Å². The average Bonchev–Trinajstić information content (AvgIpc) is 2.33. The van der Waals surface area contributed by atoms with Crippen LogP contribution in [0, 0.1) is 12.8 Å². The molecule has 0 spiro atoms. The van der Waals surface area contributed by atoms with E-state index in [1.807, 2.05) is 0 Å². The van der Waals surface area contributed by atoms with Crippen LogP contribution in [-0.2, 0) is 0 Å². The minimum absolute atomic E-state index is 0.978. The first-order chi connectivity index (χ1) is 7.84. The lowest BCUT2D eigenvalue weighted by Crippen LogP contribution is -2.12. The Bertz CT molecular complexity index is 296. The van der Waals surface area contributed by atoms with E-state index in [0.717, 1.165) is 12.5 Å². The summed E-state index contributed by atoms with van der Waals surface area (Å²) in [6.07, 6.45) is 8.62. The molecule has 0 saturated heterocycles. The first kappa shape index (κ1) is 11.5. The standard InChI is InChI=1S/C15H23N/c1-13-7-9-15(10-8-13)16-12-11-14-5-3-2-4-6-14/h7-10,14,16H,2-6,11-12H2,1H3. The topological polar surface area (TPSA) is 12.0 Å². The number of benzene rings is 1. The second-order valence-electron chi connectivity index (χ2n) is 5.09. The summed E-state index contributed by atoms with van der Waals surface area (Å²) in [5.74, 6) is 0.978. The lowest BCUT2D eigenvalue weighted by Gasteiger charge is -2.21. The van der Waals surface area contributed by atoms with E-state index in [0.29, 0.717) is 0 Å². The van der Waals surface area contributed by atoms with E-state index in [9.17, 15) is 0 Å². The molecule has 0 bridgehead atoms. The molecule has 0 aliphatic heterocycles. The average molecular weight is 217 g/mol. The van der Waals surface area contributed by atoms with E-state index < -0.39 is 0 Å². The van der Waals surface area contributed by atoms with Crippen LogP contribution in [0.1, 0.15) is 44.1 Å². The van der Waals surface area contributed by atoms with E-state index >= 15 is 0 Å². The van der Waals surface area contributed by atoms with Crippen LogP contribution in [0.3, 0.4) is 0 Å². The Morgan fingerprint density at radius 1 is 1.06 bits per heavy atom. The van der Waals surface area contributed by atoms with Crippen LogP contribution in [0.5, 0.6) is 0 Å². The summed E-state index contributed by atoms with van der Waals surface area (Å²) in [7, 11) is 0. The fourth-order valence-corrected chi connectivity index (χ4v) is 2.57. The predicted molar refractivity (Wildman–Crippen MR) is 70.9 cm³/mol. The second-order valence-corrected chi connectivity index (χ2v) is 5.09. The number of aryl methyl sites for hydroxylation is 1. The van der Waals surface area contributed by atoms with E-state index in [4.69, 9.17) is 0 Å². The molecule has 1 saturated carbocycles. The molecule has 1 aromatic rings. The van der Waals surface area contributed by atoms with Crippen molar-refractivity contribution < 1.29 is 0 Å². The van der Waals surface area contributed by atoms with E-state index in [1.165, 1.54) is 49.8 Å². The highest BCUT2D eigenvalue weighted by atomic mass is 14.9. The Hall–Kier alpha value is -0.980. The van der Waals surface area contributed by atoms with Gasteiger partial charge in [-0.15, -0.1) is 0 Å². The smallest absolute Gasteiger partial charge is 0.0340 e. The third-order valence-corrected chi connectivity index (χ3v) is 3.66. The molecule has 88 valence electrons. The Morgan fingerprint density at radius 2 is 1.75 bits per heavy atom. The molecule has 0 unspecified atom stereocenters. The number of rotatable bonds is 4. The van der Waals surface area contributed by atoms with Gasteiger partial charge in [-0.1, -0.05) is 49.8 Å². The summed E-state index contributed by atoms with van der Waals surface area (Å²) < 4.78 is 0. The molecule has 0 radical (unpaired) electrons. The molecule has 1 aliphatic carbocycles. The molecule has 1 aliphatic rings. The van der Waals surface area contributed by atoms with Crippen LogP contribution in [-0.4, -0.2) is 6.54 Å². The summed E-state index contributed by atoms with van der Waals surface area (Å²) in [5, 5.41) is 3.52. The maximum atomic E-state index is 3.52. The van der Waals surface area contributed by atoms with Gasteiger partial charge >= 0.3 is 0 Å². The van der Waals surface area contributed by atoms with Crippen LogP contribution >= 0.6 is 0 Å². The second kappa shape index (κ2) is 5.93. The van der Waals surface area contributed by atoms with Gasteiger partial charge in [0.2, 0.25) is 0 Å². The molecule has 0 heterocycles. The molecular formula is C15H23N. The predicted octanol–water partition coefficient (Wildman–Crippen LogP) is 4.38. The molecule has 2 rings (SSSR count). The maximum Gasteiger partial charge on any atom is 0.0340 e. The summed E-state index contributed by atoms with van der Waals surface area (Å²) in [5.41, 5.74) is 2.60. The summed E-state index contributed by atoms with van der Waals surface area (Å²) in [4.78, 5) is 0. The lowest BCUT2D eigenvalue weighted by molar-refractivity contribution is 0.345. The molecule has 1 fully saturated rings. The van der Waals surface area contributed by atoms with Crippen molar-refractivity contribution in [1.82, 2.24) is 0 Å². The molecule has 1 N–H and O–H groups in total. The highest BCUT2D eigenvalue weighted by Gasteiger charge is 2.12. The Kier molecular flexibility index (Phi) is 4.26. The summed E-state index contributed by atoms with van der Waals surface area (Å²) >= 11 is 0. The maximum absolute atomic E-state index is 3.52. The van der Waals surface area contributed by atoms with Gasteiger partial charge in [-0.25, -0.2) is 0 Å². The fraction of sp³-hybridized carbons (Fsp3) is 0.600. The molecule has 0 amide bonds. The molecule has 16 heavy (non-hydrogen) atoms. The Morgan fingerprint density at radius 3 is 2.44 bits per heavy atom. The first-order valence-corrected chi connectivity index (χ1v) is 6.65. The first-order valence-electron chi connectivity index (χ1n) is 6.65. The number of nitrogens with one attached hydrogen (secondary N) is 1. The van der Waals surface area contributed by atoms with Crippen molar-refractivity contribution in [3.05, 3.63) is 29.8 Å². The van der Waals surface area contributed by atoms with Crippen molar-refractivity contribution in [2.24, 2.45) is 5.92 Å². The van der Waals surface area contributed by atoms with Gasteiger partial charge in [-0.05, 0) is 31.4 Å². The van der Waals surface area contributed by atoms with Crippen LogP contribution in [0.2, 0.25) is 0 Å². The third-order valence-electron chi connectivity index (χ3n) is 3.66. The van der Waals surface area contributed by atoms with Gasteiger partial charge in [-0.3, -0.25) is 0 Å². The van der Waals surface area contributed by atoms with Gasteiger partial charge in [0.1, 0.15) is 0 Å². The normalized spacial score (nSPS) is 17.3. The molecule has 1 aromatic carbocycles. The van der Waals surface area contributed by atoms with Crippen molar-refractivity contribution in [1.29, 1.82) is 0 Å². The van der Waals surface area contributed by atoms with Crippen molar-refractivity contribution in [2.45, 2.75) is 45.4 Å². The summed E-state index contributed by atoms with van der Waals surface area (Å²) in [6.45, 7) is 3.26. The van der Waals surface area contributed by atoms with E-state index in [1.54, 1.807) is 0 Å². The van der Waals surface area contributed by atoms with Gasteiger partial charge in [0, 0.05) is 12.2 Å². The van der Waals surface area contributed by atoms with Crippen LogP contribution in [0.4, 0.5) is 5.69 Å². The van der Waals surface area contributed by atoms with Gasteiger partial charge in [-0.2, -0.15) is 0 Å². The van der Waals surface area contributed by atoms with Crippen molar-refractivity contribution in [3.8, 4) is 0 Å². The van der Waals surface area contributed by atoms with Crippen LogP contribution < -0.4 is 5.32 Å². The minimum atomic E-state index is 0.978. The zero-order chi connectivity index (χ0) is 11.2. The zero-order valence-electron chi connectivity index (χ0n) is 10.3. The van der Waals surface area contributed by atoms with Crippen molar-refractivity contribution >= 4 is 5.69 Å². The van der Waals surface area contributed by atoms with Gasteiger partial charge < -0.3 is 5.32 Å². The Labute approximate surface area is 99.3 Å². The molecule has 1 nitrogen and oxygen atoms in total. The van der Waals surface area contributed by atoms with Crippen LogP contribution in [0.25, 0.3) is 0 Å². The Balaban J connectivity index is 1.69. The fourth-order valence-electron chi connectivity index (χ4n) is 2.57. The highest BCUT2D eigenvalue weighted by molar-refractivity contribution is 5.44. The van der Waals surface area contributed by atoms with Gasteiger partial charge in [0.05, 0.1) is 0 Å². The van der Waals surface area contributed by atoms with E-state index in [-0.39, 0.29) is 0 Å². The minimum Gasteiger partial charge on any atom is -0.385 e.